The van der Waals surface area contributed by atoms with Crippen LogP contribution < -0.4 is 10.2 Å². The third-order valence-electron chi connectivity index (χ3n) is 6.03. The molecule has 7 nitrogen and oxygen atoms in total. The standard InChI is InChI=1S/C24H23N3O4S/c1-15-11-12-26(17-8-4-6-10-19(17)32-15)21(28)14-27-22(29)24(2,25-23(27)30)20-13-16-7-3-5-9-18(16)31-20/h3-10,13,15H,11-12,14H2,1-2H3,(H,25,30). The first-order valence-corrected chi connectivity index (χ1v) is 11.4. The van der Waals surface area contributed by atoms with Crippen LogP contribution in [0.15, 0.2) is 63.9 Å². The van der Waals surface area contributed by atoms with E-state index >= 15 is 0 Å². The molecule has 3 aromatic rings. The molecule has 0 bridgehead atoms. The SMILES string of the molecule is CC1CCN(C(=O)CN2C(=O)NC(C)(c3cc4ccccc4o3)C2=O)c2ccccc2S1. The van der Waals surface area contributed by atoms with Crippen molar-refractivity contribution in [3.05, 3.63) is 60.4 Å². The number of furan rings is 1. The Morgan fingerprint density at radius 3 is 2.75 bits per heavy atom. The van der Waals surface area contributed by atoms with Crippen LogP contribution in [0, 0.1) is 0 Å². The van der Waals surface area contributed by atoms with Crippen molar-refractivity contribution >= 4 is 46.3 Å². The fraction of sp³-hybridized carbons (Fsp3) is 0.292. The molecular formula is C24H23N3O4S. The van der Waals surface area contributed by atoms with E-state index in [2.05, 4.69) is 12.2 Å². The Labute approximate surface area is 189 Å². The molecule has 0 spiro atoms. The first-order chi connectivity index (χ1) is 15.4. The quantitative estimate of drug-likeness (QED) is 0.609. The molecule has 5 rings (SSSR count). The van der Waals surface area contributed by atoms with Gasteiger partial charge in [0.05, 0.1) is 5.69 Å². The van der Waals surface area contributed by atoms with Gasteiger partial charge in [-0.05, 0) is 37.6 Å². The van der Waals surface area contributed by atoms with E-state index in [1.165, 1.54) is 0 Å². The van der Waals surface area contributed by atoms with E-state index in [0.29, 0.717) is 23.1 Å². The Morgan fingerprint density at radius 2 is 1.94 bits per heavy atom. The van der Waals surface area contributed by atoms with E-state index < -0.39 is 17.5 Å². The fourth-order valence-electron chi connectivity index (χ4n) is 4.20. The zero-order chi connectivity index (χ0) is 22.5. The minimum atomic E-state index is -1.36. The van der Waals surface area contributed by atoms with Gasteiger partial charge in [0.25, 0.3) is 5.91 Å². The summed E-state index contributed by atoms with van der Waals surface area (Å²) in [5.41, 5.74) is 0.0873. The molecule has 2 unspecified atom stereocenters. The van der Waals surface area contributed by atoms with Crippen LogP contribution in [0.3, 0.4) is 0 Å². The number of nitrogens with zero attached hydrogens (tertiary/aromatic N) is 2. The van der Waals surface area contributed by atoms with E-state index in [1.807, 2.05) is 42.5 Å². The molecule has 2 aromatic carbocycles. The van der Waals surface area contributed by atoms with Crippen molar-refractivity contribution in [2.24, 2.45) is 0 Å². The van der Waals surface area contributed by atoms with Gasteiger partial charge in [-0.3, -0.25) is 14.5 Å². The Balaban J connectivity index is 1.41. The third-order valence-corrected chi connectivity index (χ3v) is 7.27. The van der Waals surface area contributed by atoms with Crippen molar-refractivity contribution in [1.82, 2.24) is 10.2 Å². The summed E-state index contributed by atoms with van der Waals surface area (Å²) in [6.45, 7) is 3.95. The van der Waals surface area contributed by atoms with E-state index in [9.17, 15) is 14.4 Å². The molecule has 0 aliphatic carbocycles. The number of hydrogen-bond acceptors (Lipinski definition) is 5. The number of benzene rings is 2. The van der Waals surface area contributed by atoms with Crippen LogP contribution in [-0.4, -0.2) is 41.1 Å². The van der Waals surface area contributed by atoms with Crippen LogP contribution in [-0.2, 0) is 15.1 Å². The number of urea groups is 1. The average molecular weight is 450 g/mol. The second-order valence-electron chi connectivity index (χ2n) is 8.33. The van der Waals surface area contributed by atoms with E-state index in [1.54, 1.807) is 35.7 Å². The van der Waals surface area contributed by atoms with Gasteiger partial charge in [0.2, 0.25) is 5.91 Å². The molecular weight excluding hydrogens is 426 g/mol. The normalized spacial score (nSPS) is 23.2. The Bertz CT molecular complexity index is 1210. The molecule has 1 fully saturated rings. The second-order valence-corrected chi connectivity index (χ2v) is 9.81. The van der Waals surface area contributed by atoms with Gasteiger partial charge in [-0.15, -0.1) is 11.8 Å². The molecule has 2 aliphatic heterocycles. The topological polar surface area (TPSA) is 82.9 Å². The van der Waals surface area contributed by atoms with Gasteiger partial charge in [-0.25, -0.2) is 4.79 Å². The molecule has 3 heterocycles. The highest BCUT2D eigenvalue weighted by Crippen LogP contribution is 2.38. The molecule has 0 saturated carbocycles. The lowest BCUT2D eigenvalue weighted by molar-refractivity contribution is -0.134. The number of imide groups is 1. The largest absolute Gasteiger partial charge is 0.458 e. The van der Waals surface area contributed by atoms with Gasteiger partial charge in [-0.1, -0.05) is 37.3 Å². The van der Waals surface area contributed by atoms with Crippen LogP contribution in [0.25, 0.3) is 11.0 Å². The summed E-state index contributed by atoms with van der Waals surface area (Å²) in [6, 6.07) is 16.3. The van der Waals surface area contributed by atoms with Crippen LogP contribution in [0.2, 0.25) is 0 Å². The lowest BCUT2D eigenvalue weighted by Gasteiger charge is -2.25. The van der Waals surface area contributed by atoms with Crippen molar-refractivity contribution in [3.63, 3.8) is 0 Å². The number of para-hydroxylation sites is 2. The number of amides is 4. The molecule has 8 heteroatoms. The summed E-state index contributed by atoms with van der Waals surface area (Å²) in [4.78, 5) is 43.0. The first kappa shape index (κ1) is 20.6. The summed E-state index contributed by atoms with van der Waals surface area (Å²) in [7, 11) is 0. The van der Waals surface area contributed by atoms with Crippen LogP contribution in [0.4, 0.5) is 10.5 Å². The van der Waals surface area contributed by atoms with Crippen molar-refractivity contribution in [2.75, 3.05) is 18.0 Å². The minimum absolute atomic E-state index is 0.287. The first-order valence-electron chi connectivity index (χ1n) is 10.6. The zero-order valence-electron chi connectivity index (χ0n) is 17.8. The molecule has 1 N–H and O–H groups in total. The number of anilines is 1. The van der Waals surface area contributed by atoms with E-state index in [4.69, 9.17) is 4.42 Å². The summed E-state index contributed by atoms with van der Waals surface area (Å²) in [5.74, 6) is -0.442. The maximum Gasteiger partial charge on any atom is 0.325 e. The van der Waals surface area contributed by atoms with Crippen molar-refractivity contribution in [2.45, 2.75) is 36.0 Å². The number of nitrogens with one attached hydrogen (secondary N) is 1. The highest BCUT2D eigenvalue weighted by atomic mass is 32.2. The summed E-state index contributed by atoms with van der Waals surface area (Å²) in [6.07, 6.45) is 0.821. The Kier molecular flexibility index (Phi) is 4.97. The van der Waals surface area contributed by atoms with E-state index in [0.717, 1.165) is 27.3 Å². The highest BCUT2D eigenvalue weighted by molar-refractivity contribution is 8.00. The number of carbonyl (C=O) groups is 3. The number of carbonyl (C=O) groups excluding carboxylic acids is 3. The summed E-state index contributed by atoms with van der Waals surface area (Å²) >= 11 is 1.73. The number of thioether (sulfide) groups is 1. The predicted molar refractivity (Wildman–Crippen MR) is 123 cm³/mol. The van der Waals surface area contributed by atoms with Crippen LogP contribution in [0.1, 0.15) is 26.0 Å². The van der Waals surface area contributed by atoms with Crippen molar-refractivity contribution < 1.29 is 18.8 Å². The van der Waals surface area contributed by atoms with Crippen LogP contribution >= 0.6 is 11.8 Å². The molecule has 0 radical (unpaired) electrons. The van der Waals surface area contributed by atoms with Gasteiger partial charge in [0.15, 0.2) is 5.54 Å². The summed E-state index contributed by atoms with van der Waals surface area (Å²) in [5, 5.41) is 3.93. The third kappa shape index (κ3) is 3.35. The highest BCUT2D eigenvalue weighted by Gasteiger charge is 2.52. The van der Waals surface area contributed by atoms with Crippen LogP contribution in [0.5, 0.6) is 0 Å². The molecule has 1 saturated heterocycles. The Morgan fingerprint density at radius 1 is 1.19 bits per heavy atom. The maximum absolute atomic E-state index is 13.3. The van der Waals surface area contributed by atoms with Crippen molar-refractivity contribution in [3.8, 4) is 0 Å². The number of hydrogen-bond donors (Lipinski definition) is 1. The van der Waals surface area contributed by atoms with Crippen molar-refractivity contribution in [1.29, 1.82) is 0 Å². The van der Waals surface area contributed by atoms with Gasteiger partial charge in [-0.2, -0.15) is 0 Å². The molecule has 164 valence electrons. The monoisotopic (exact) mass is 449 g/mol. The molecule has 32 heavy (non-hydrogen) atoms. The minimum Gasteiger partial charge on any atom is -0.458 e. The molecule has 1 aromatic heterocycles. The number of rotatable bonds is 3. The zero-order valence-corrected chi connectivity index (χ0v) is 18.6. The van der Waals surface area contributed by atoms with Gasteiger partial charge in [0, 0.05) is 22.1 Å². The number of fused-ring (bicyclic) bond motifs is 2. The smallest absolute Gasteiger partial charge is 0.325 e. The van der Waals surface area contributed by atoms with Gasteiger partial charge >= 0.3 is 6.03 Å². The summed E-state index contributed by atoms with van der Waals surface area (Å²) < 4.78 is 5.86. The predicted octanol–water partition coefficient (Wildman–Crippen LogP) is 4.12. The van der Waals surface area contributed by atoms with Gasteiger partial charge in [0.1, 0.15) is 17.9 Å². The second kappa shape index (κ2) is 7.70. The molecule has 2 atom stereocenters. The van der Waals surface area contributed by atoms with Gasteiger partial charge < -0.3 is 14.6 Å². The molecule has 2 aliphatic rings. The lowest BCUT2D eigenvalue weighted by atomic mass is 9.99. The maximum atomic E-state index is 13.3. The lowest BCUT2D eigenvalue weighted by Crippen LogP contribution is -2.45. The molecule has 4 amide bonds. The van der Waals surface area contributed by atoms with E-state index in [-0.39, 0.29) is 12.5 Å². The average Bonchev–Trinajstić information content (AvgIpc) is 3.24. The fourth-order valence-corrected chi connectivity index (χ4v) is 5.32. The Hall–Kier alpha value is -3.26.